The van der Waals surface area contributed by atoms with Gasteiger partial charge in [0.2, 0.25) is 0 Å². The van der Waals surface area contributed by atoms with Crippen molar-refractivity contribution in [1.29, 1.82) is 0 Å². The molecule has 2 fully saturated rings. The Morgan fingerprint density at radius 2 is 1.89 bits per heavy atom. The lowest BCUT2D eigenvalue weighted by Gasteiger charge is -2.40. The Hall–Kier alpha value is -1.60. The summed E-state index contributed by atoms with van der Waals surface area (Å²) in [5.74, 6) is 1.71. The molecule has 0 amide bonds. The Kier molecular flexibility index (Phi) is 7.35. The van der Waals surface area contributed by atoms with Crippen LogP contribution in [0.3, 0.4) is 0 Å². The van der Waals surface area contributed by atoms with E-state index in [1.54, 1.807) is 0 Å². The van der Waals surface area contributed by atoms with Crippen molar-refractivity contribution in [2.45, 2.75) is 32.7 Å². The SMILES string of the molecule is CCNC(=NCC1CCS(=O)(=O)C1)N1CCN(C(CC)c2ccccc2)CC1. The minimum atomic E-state index is -2.84. The predicted octanol–water partition coefficient (Wildman–Crippen LogP) is 2.16. The van der Waals surface area contributed by atoms with Crippen LogP contribution in [0.4, 0.5) is 0 Å². The van der Waals surface area contributed by atoms with Crippen molar-refractivity contribution in [2.24, 2.45) is 10.9 Å². The van der Waals surface area contributed by atoms with Crippen molar-refractivity contribution < 1.29 is 8.42 Å². The fourth-order valence-corrected chi connectivity index (χ4v) is 6.13. The molecule has 0 radical (unpaired) electrons. The zero-order valence-corrected chi connectivity index (χ0v) is 18.0. The van der Waals surface area contributed by atoms with Crippen LogP contribution < -0.4 is 5.32 Å². The van der Waals surface area contributed by atoms with Crippen molar-refractivity contribution in [1.82, 2.24) is 15.1 Å². The maximum atomic E-state index is 11.7. The molecule has 0 aliphatic carbocycles. The highest BCUT2D eigenvalue weighted by molar-refractivity contribution is 7.91. The first kappa shape index (κ1) is 21.1. The van der Waals surface area contributed by atoms with Crippen molar-refractivity contribution in [2.75, 3.05) is 50.8 Å². The Morgan fingerprint density at radius 1 is 1.18 bits per heavy atom. The van der Waals surface area contributed by atoms with Crippen molar-refractivity contribution >= 4 is 15.8 Å². The van der Waals surface area contributed by atoms with E-state index in [-0.39, 0.29) is 5.92 Å². The van der Waals surface area contributed by atoms with E-state index >= 15 is 0 Å². The van der Waals surface area contributed by atoms with Crippen LogP contribution in [0, 0.1) is 5.92 Å². The van der Waals surface area contributed by atoms with Gasteiger partial charge in [0.25, 0.3) is 0 Å². The molecule has 0 aromatic heterocycles. The molecule has 7 heteroatoms. The Labute approximate surface area is 169 Å². The number of guanidine groups is 1. The van der Waals surface area contributed by atoms with Gasteiger partial charge in [0, 0.05) is 45.3 Å². The van der Waals surface area contributed by atoms with Gasteiger partial charge in [-0.05, 0) is 31.2 Å². The van der Waals surface area contributed by atoms with Gasteiger partial charge in [-0.15, -0.1) is 0 Å². The van der Waals surface area contributed by atoms with Gasteiger partial charge in [-0.2, -0.15) is 0 Å². The van der Waals surface area contributed by atoms with Gasteiger partial charge in [-0.3, -0.25) is 9.89 Å². The third kappa shape index (κ3) is 5.47. The third-order valence-electron chi connectivity index (χ3n) is 5.79. The molecule has 3 rings (SSSR count). The lowest BCUT2D eigenvalue weighted by Crippen LogP contribution is -2.53. The average Bonchev–Trinajstić information content (AvgIpc) is 3.06. The van der Waals surface area contributed by atoms with E-state index in [9.17, 15) is 8.42 Å². The highest BCUT2D eigenvalue weighted by Crippen LogP contribution is 2.25. The molecule has 2 aliphatic rings. The lowest BCUT2D eigenvalue weighted by molar-refractivity contribution is 0.127. The molecule has 2 atom stereocenters. The van der Waals surface area contributed by atoms with Crippen molar-refractivity contribution in [3.63, 3.8) is 0 Å². The standard InChI is InChI=1S/C21H34N4O2S/c1-3-20(19-8-6-5-7-9-19)24-11-13-25(14-12-24)21(22-4-2)23-16-18-10-15-28(26,27)17-18/h5-9,18,20H,3-4,10-17H2,1-2H3,(H,22,23). The molecular formula is C21H34N4O2S. The zero-order chi connectivity index (χ0) is 20.0. The average molecular weight is 407 g/mol. The van der Waals surface area contributed by atoms with E-state index in [4.69, 9.17) is 4.99 Å². The summed E-state index contributed by atoms with van der Waals surface area (Å²) in [6.45, 7) is 9.66. The minimum Gasteiger partial charge on any atom is -0.357 e. The van der Waals surface area contributed by atoms with Gasteiger partial charge >= 0.3 is 0 Å². The molecule has 2 unspecified atom stereocenters. The first-order valence-corrected chi connectivity index (χ1v) is 12.4. The summed E-state index contributed by atoms with van der Waals surface area (Å²) in [5.41, 5.74) is 1.39. The predicted molar refractivity (Wildman–Crippen MR) is 115 cm³/mol. The molecule has 1 aromatic carbocycles. The lowest BCUT2D eigenvalue weighted by atomic mass is 10.0. The summed E-state index contributed by atoms with van der Waals surface area (Å²) in [6, 6.07) is 11.2. The molecule has 0 saturated carbocycles. The zero-order valence-electron chi connectivity index (χ0n) is 17.2. The Balaban J connectivity index is 1.58. The van der Waals surface area contributed by atoms with Crippen LogP contribution in [-0.2, 0) is 9.84 Å². The molecular weight excluding hydrogens is 372 g/mol. The topological polar surface area (TPSA) is 65.0 Å². The van der Waals surface area contributed by atoms with E-state index in [0.717, 1.165) is 51.5 Å². The highest BCUT2D eigenvalue weighted by Gasteiger charge is 2.29. The van der Waals surface area contributed by atoms with E-state index in [1.165, 1.54) is 5.56 Å². The van der Waals surface area contributed by atoms with E-state index in [1.807, 2.05) is 0 Å². The van der Waals surface area contributed by atoms with E-state index < -0.39 is 9.84 Å². The summed E-state index contributed by atoms with van der Waals surface area (Å²) in [5, 5.41) is 3.39. The molecule has 2 heterocycles. The Bertz CT molecular complexity index is 743. The first-order valence-electron chi connectivity index (χ1n) is 10.5. The molecule has 156 valence electrons. The highest BCUT2D eigenvalue weighted by atomic mass is 32.2. The van der Waals surface area contributed by atoms with Crippen LogP contribution in [0.2, 0.25) is 0 Å². The number of piperazine rings is 1. The number of nitrogens with one attached hydrogen (secondary N) is 1. The molecule has 6 nitrogen and oxygen atoms in total. The monoisotopic (exact) mass is 406 g/mol. The van der Waals surface area contributed by atoms with Crippen LogP contribution in [0.1, 0.15) is 38.3 Å². The summed E-state index contributed by atoms with van der Waals surface area (Å²) < 4.78 is 23.4. The molecule has 1 N–H and O–H groups in total. The smallest absolute Gasteiger partial charge is 0.194 e. The summed E-state index contributed by atoms with van der Waals surface area (Å²) in [6.07, 6.45) is 1.85. The maximum Gasteiger partial charge on any atom is 0.194 e. The molecule has 2 aliphatic heterocycles. The van der Waals surface area contributed by atoms with Gasteiger partial charge in [-0.25, -0.2) is 8.42 Å². The van der Waals surface area contributed by atoms with Crippen LogP contribution in [0.25, 0.3) is 0 Å². The van der Waals surface area contributed by atoms with E-state index in [2.05, 4.69) is 59.3 Å². The number of hydrogen-bond acceptors (Lipinski definition) is 4. The minimum absolute atomic E-state index is 0.169. The Morgan fingerprint density at radius 3 is 2.46 bits per heavy atom. The van der Waals surface area contributed by atoms with Gasteiger partial charge in [0.1, 0.15) is 0 Å². The molecule has 0 bridgehead atoms. The van der Waals surface area contributed by atoms with Crippen molar-refractivity contribution in [3.8, 4) is 0 Å². The van der Waals surface area contributed by atoms with E-state index in [0.29, 0.717) is 24.1 Å². The second kappa shape index (κ2) is 9.74. The van der Waals surface area contributed by atoms with Crippen LogP contribution in [0.15, 0.2) is 35.3 Å². The molecule has 28 heavy (non-hydrogen) atoms. The number of nitrogens with zero attached hydrogens (tertiary/aromatic N) is 3. The second-order valence-electron chi connectivity index (χ2n) is 7.82. The number of hydrogen-bond donors (Lipinski definition) is 1. The number of rotatable bonds is 6. The summed E-state index contributed by atoms with van der Waals surface area (Å²) >= 11 is 0. The second-order valence-corrected chi connectivity index (χ2v) is 10.1. The largest absolute Gasteiger partial charge is 0.357 e. The van der Waals surface area contributed by atoms with Crippen molar-refractivity contribution in [3.05, 3.63) is 35.9 Å². The van der Waals surface area contributed by atoms with Gasteiger partial charge in [0.05, 0.1) is 11.5 Å². The number of benzene rings is 1. The fraction of sp³-hybridized carbons (Fsp3) is 0.667. The maximum absolute atomic E-state index is 11.7. The summed E-state index contributed by atoms with van der Waals surface area (Å²) in [7, 11) is -2.84. The normalized spacial score (nSPS) is 24.3. The third-order valence-corrected chi connectivity index (χ3v) is 7.62. The van der Waals surface area contributed by atoms with Gasteiger partial charge in [-0.1, -0.05) is 37.3 Å². The van der Waals surface area contributed by atoms with Crippen LogP contribution >= 0.6 is 0 Å². The molecule has 0 spiro atoms. The quantitative estimate of drug-likeness (QED) is 0.579. The number of aliphatic imine (C=N–C) groups is 1. The van der Waals surface area contributed by atoms with Gasteiger partial charge in [0.15, 0.2) is 15.8 Å². The fourth-order valence-electron chi connectivity index (χ4n) is 4.28. The number of sulfone groups is 1. The molecule has 1 aromatic rings. The van der Waals surface area contributed by atoms with Gasteiger partial charge < -0.3 is 10.2 Å². The van der Waals surface area contributed by atoms with Crippen LogP contribution in [0.5, 0.6) is 0 Å². The molecule has 2 saturated heterocycles. The van der Waals surface area contributed by atoms with Crippen LogP contribution in [-0.4, -0.2) is 75.0 Å². The first-order chi connectivity index (χ1) is 13.5. The summed E-state index contributed by atoms with van der Waals surface area (Å²) in [4.78, 5) is 9.67.